The number of carbonyl (C=O) groups is 1. The van der Waals surface area contributed by atoms with Crippen molar-refractivity contribution in [2.45, 2.75) is 26.2 Å². The Labute approximate surface area is 204 Å². The van der Waals surface area contributed by atoms with Crippen molar-refractivity contribution < 1.29 is 19.0 Å². The third-order valence-electron chi connectivity index (χ3n) is 5.03. The number of methoxy groups -OCH3 is 2. The van der Waals surface area contributed by atoms with Crippen LogP contribution < -0.4 is 15.0 Å². The molecular weight excluding hydrogens is 514 g/mol. The second kappa shape index (κ2) is 10.8. The van der Waals surface area contributed by atoms with Gasteiger partial charge in [-0.15, -0.1) is 0 Å². The SMILES string of the molecule is CC[C@H](C)c1nc2ccc(Br)cc2c(=O)n1N=Cc1cc(Cl)cc(OC)c1OCC(=O)OC. The average Bonchev–Trinajstić information content (AvgIpc) is 2.81. The van der Waals surface area contributed by atoms with Gasteiger partial charge in [-0.1, -0.05) is 41.4 Å². The Bertz CT molecular complexity index is 1280. The minimum Gasteiger partial charge on any atom is -0.493 e. The molecule has 0 bridgehead atoms. The maximum absolute atomic E-state index is 13.3. The first kappa shape index (κ1) is 24.7. The Morgan fingerprint density at radius 3 is 2.73 bits per heavy atom. The van der Waals surface area contributed by atoms with E-state index in [1.165, 1.54) is 25.1 Å². The number of carbonyl (C=O) groups excluding carboxylic acids is 1. The molecule has 0 amide bonds. The fourth-order valence-corrected chi connectivity index (χ4v) is 3.66. The Morgan fingerprint density at radius 1 is 1.30 bits per heavy atom. The van der Waals surface area contributed by atoms with Crippen molar-refractivity contribution in [2.24, 2.45) is 5.10 Å². The topological polar surface area (TPSA) is 92.0 Å². The van der Waals surface area contributed by atoms with E-state index in [1.54, 1.807) is 24.3 Å². The highest BCUT2D eigenvalue weighted by atomic mass is 79.9. The Kier molecular flexibility index (Phi) is 8.10. The first-order valence-electron chi connectivity index (χ1n) is 10.1. The van der Waals surface area contributed by atoms with Crippen LogP contribution in [-0.2, 0) is 9.53 Å². The first-order valence-corrected chi connectivity index (χ1v) is 11.3. The minimum absolute atomic E-state index is 0.0214. The van der Waals surface area contributed by atoms with Gasteiger partial charge in [0, 0.05) is 27.0 Å². The van der Waals surface area contributed by atoms with Crippen LogP contribution in [-0.4, -0.2) is 42.7 Å². The van der Waals surface area contributed by atoms with Gasteiger partial charge >= 0.3 is 5.97 Å². The molecule has 0 unspecified atom stereocenters. The van der Waals surface area contributed by atoms with Crippen molar-refractivity contribution in [1.82, 2.24) is 9.66 Å². The summed E-state index contributed by atoms with van der Waals surface area (Å²) in [6.45, 7) is 3.65. The van der Waals surface area contributed by atoms with Gasteiger partial charge in [0.2, 0.25) is 0 Å². The number of hydrogen-bond donors (Lipinski definition) is 0. The zero-order valence-corrected chi connectivity index (χ0v) is 20.9. The molecule has 0 aliphatic carbocycles. The number of hydrogen-bond acceptors (Lipinski definition) is 7. The number of benzene rings is 2. The van der Waals surface area contributed by atoms with E-state index in [4.69, 9.17) is 21.1 Å². The van der Waals surface area contributed by atoms with Crippen LogP contribution in [0.25, 0.3) is 10.9 Å². The van der Waals surface area contributed by atoms with Crippen LogP contribution in [0.3, 0.4) is 0 Å². The van der Waals surface area contributed by atoms with Crippen LogP contribution in [0, 0.1) is 0 Å². The molecule has 8 nitrogen and oxygen atoms in total. The van der Waals surface area contributed by atoms with Gasteiger partial charge < -0.3 is 14.2 Å². The predicted molar refractivity (Wildman–Crippen MR) is 131 cm³/mol. The molecule has 1 atom stereocenters. The van der Waals surface area contributed by atoms with Crippen LogP contribution in [0.2, 0.25) is 5.02 Å². The largest absolute Gasteiger partial charge is 0.493 e. The van der Waals surface area contributed by atoms with E-state index >= 15 is 0 Å². The lowest BCUT2D eigenvalue weighted by atomic mass is 10.1. The van der Waals surface area contributed by atoms with E-state index in [9.17, 15) is 9.59 Å². The van der Waals surface area contributed by atoms with Gasteiger partial charge in [0.15, 0.2) is 18.1 Å². The summed E-state index contributed by atoms with van der Waals surface area (Å²) in [4.78, 5) is 29.6. The minimum atomic E-state index is -0.561. The van der Waals surface area contributed by atoms with E-state index in [0.29, 0.717) is 33.1 Å². The maximum atomic E-state index is 13.3. The van der Waals surface area contributed by atoms with Crippen molar-refractivity contribution >= 4 is 50.6 Å². The molecule has 0 aliphatic rings. The average molecular weight is 537 g/mol. The van der Waals surface area contributed by atoms with Crippen LogP contribution in [0.5, 0.6) is 11.5 Å². The smallest absolute Gasteiger partial charge is 0.343 e. The Hall–Kier alpha value is -2.91. The van der Waals surface area contributed by atoms with Crippen molar-refractivity contribution in [3.63, 3.8) is 0 Å². The summed E-state index contributed by atoms with van der Waals surface area (Å²) in [6.07, 6.45) is 2.20. The zero-order valence-electron chi connectivity index (χ0n) is 18.6. The molecule has 3 aromatic rings. The number of rotatable bonds is 8. The van der Waals surface area contributed by atoms with Crippen LogP contribution in [0.4, 0.5) is 0 Å². The highest BCUT2D eigenvalue weighted by molar-refractivity contribution is 9.10. The molecule has 0 aliphatic heterocycles. The standard InChI is InChI=1S/C23H23BrClN3O5/c1-5-13(2)22-27-18-7-6-15(24)9-17(18)23(30)28(22)26-11-14-8-16(25)10-19(31-3)21(14)33-12-20(29)32-4/h6-11,13H,5,12H2,1-4H3/t13-/m0/s1. The summed E-state index contributed by atoms with van der Waals surface area (Å²) in [5.74, 6) is 0.495. The highest BCUT2D eigenvalue weighted by Gasteiger charge is 2.17. The molecule has 0 spiro atoms. The van der Waals surface area contributed by atoms with Gasteiger partial charge in [-0.05, 0) is 30.7 Å². The van der Waals surface area contributed by atoms with Gasteiger partial charge in [0.05, 0.1) is 31.3 Å². The highest BCUT2D eigenvalue weighted by Crippen LogP contribution is 2.34. The number of halogens is 2. The molecule has 2 aromatic carbocycles. The Balaban J connectivity index is 2.17. The van der Waals surface area contributed by atoms with Crippen LogP contribution >= 0.6 is 27.5 Å². The normalized spacial score (nSPS) is 12.2. The van der Waals surface area contributed by atoms with E-state index in [0.717, 1.165) is 10.9 Å². The Morgan fingerprint density at radius 2 is 2.06 bits per heavy atom. The third-order valence-corrected chi connectivity index (χ3v) is 5.74. The van der Waals surface area contributed by atoms with Crippen LogP contribution in [0.1, 0.15) is 37.6 Å². The molecule has 0 saturated carbocycles. The lowest BCUT2D eigenvalue weighted by Gasteiger charge is -2.15. The summed E-state index contributed by atoms with van der Waals surface area (Å²) < 4.78 is 17.6. The summed E-state index contributed by atoms with van der Waals surface area (Å²) in [5.41, 5.74) is 0.704. The number of esters is 1. The molecule has 0 fully saturated rings. The molecule has 174 valence electrons. The van der Waals surface area contributed by atoms with Crippen molar-refractivity contribution in [2.75, 3.05) is 20.8 Å². The quantitative estimate of drug-likeness (QED) is 0.304. The monoisotopic (exact) mass is 535 g/mol. The molecule has 3 rings (SSSR count). The molecular formula is C23H23BrClN3O5. The van der Waals surface area contributed by atoms with Gasteiger partial charge in [0.1, 0.15) is 5.82 Å². The van der Waals surface area contributed by atoms with Crippen molar-refractivity contribution in [3.05, 3.63) is 61.6 Å². The molecule has 1 aromatic heterocycles. The fourth-order valence-electron chi connectivity index (χ4n) is 3.08. The van der Waals surface area contributed by atoms with Gasteiger partial charge in [0.25, 0.3) is 5.56 Å². The molecule has 33 heavy (non-hydrogen) atoms. The van der Waals surface area contributed by atoms with E-state index in [1.807, 2.05) is 19.9 Å². The maximum Gasteiger partial charge on any atom is 0.343 e. The summed E-state index contributed by atoms with van der Waals surface area (Å²) >= 11 is 9.63. The number of aromatic nitrogens is 2. The van der Waals surface area contributed by atoms with Crippen molar-refractivity contribution in [1.29, 1.82) is 0 Å². The van der Waals surface area contributed by atoms with Crippen LogP contribution in [0.15, 0.2) is 44.7 Å². The molecule has 0 radical (unpaired) electrons. The van der Waals surface area contributed by atoms with Gasteiger partial charge in [-0.2, -0.15) is 9.78 Å². The molecule has 1 heterocycles. The number of nitrogens with zero attached hydrogens (tertiary/aromatic N) is 3. The summed E-state index contributed by atoms with van der Waals surface area (Å²) in [6, 6.07) is 8.49. The lowest BCUT2D eigenvalue weighted by molar-refractivity contribution is -0.142. The first-order chi connectivity index (χ1) is 15.8. The lowest BCUT2D eigenvalue weighted by Crippen LogP contribution is -2.23. The molecule has 10 heteroatoms. The van der Waals surface area contributed by atoms with Gasteiger partial charge in [-0.25, -0.2) is 9.78 Å². The second-order valence-corrected chi connectivity index (χ2v) is 8.55. The number of ether oxygens (including phenoxy) is 3. The predicted octanol–water partition coefficient (Wildman–Crippen LogP) is 4.77. The van der Waals surface area contributed by atoms with E-state index in [-0.39, 0.29) is 23.8 Å². The fraction of sp³-hybridized carbons (Fsp3) is 0.304. The second-order valence-electron chi connectivity index (χ2n) is 7.19. The van der Waals surface area contributed by atoms with Crippen molar-refractivity contribution in [3.8, 4) is 11.5 Å². The molecule has 0 saturated heterocycles. The van der Waals surface area contributed by atoms with E-state index < -0.39 is 5.97 Å². The zero-order chi connectivity index (χ0) is 24.1. The molecule has 0 N–H and O–H groups in total. The summed E-state index contributed by atoms with van der Waals surface area (Å²) in [7, 11) is 2.72. The summed E-state index contributed by atoms with van der Waals surface area (Å²) in [5, 5.41) is 5.24. The van der Waals surface area contributed by atoms with Gasteiger partial charge in [-0.3, -0.25) is 4.79 Å². The number of fused-ring (bicyclic) bond motifs is 1. The third kappa shape index (κ3) is 5.54. The van der Waals surface area contributed by atoms with E-state index in [2.05, 4.69) is 30.8 Å².